The Morgan fingerprint density at radius 2 is 1.14 bits per heavy atom. The van der Waals surface area contributed by atoms with E-state index >= 15 is 0 Å². The van der Waals surface area contributed by atoms with E-state index < -0.39 is 5.41 Å². The molecule has 0 saturated heterocycles. The van der Waals surface area contributed by atoms with E-state index in [0.29, 0.717) is 0 Å². The van der Waals surface area contributed by atoms with Gasteiger partial charge in [0.15, 0.2) is 0 Å². The molecule has 4 aromatic heterocycles. The maximum atomic E-state index is 5.00. The summed E-state index contributed by atoms with van der Waals surface area (Å²) in [5, 5.41) is 5.73. The van der Waals surface area contributed by atoms with Gasteiger partial charge in [0.05, 0.1) is 39.7 Å². The highest BCUT2D eigenvalue weighted by Crippen LogP contribution is 2.63. The number of benzene rings is 6. The van der Waals surface area contributed by atoms with Crippen molar-refractivity contribution in [1.29, 1.82) is 0 Å². The van der Waals surface area contributed by atoms with E-state index in [2.05, 4.69) is 177 Å². The van der Waals surface area contributed by atoms with Crippen molar-refractivity contribution in [3.63, 3.8) is 0 Å². The molecule has 1 aliphatic heterocycles. The van der Waals surface area contributed by atoms with Crippen LogP contribution in [0.3, 0.4) is 0 Å². The van der Waals surface area contributed by atoms with Gasteiger partial charge >= 0.3 is 0 Å². The fourth-order valence-electron chi connectivity index (χ4n) is 10.5. The molecule has 5 heteroatoms. The first-order valence-electron chi connectivity index (χ1n) is 19.6. The smallest absolute Gasteiger partial charge is 0.0963 e. The number of pyridine rings is 2. The maximum absolute atomic E-state index is 5.00. The van der Waals surface area contributed by atoms with Gasteiger partial charge in [-0.1, -0.05) is 97.1 Å². The molecule has 5 heterocycles. The molecule has 5 nitrogen and oxygen atoms in total. The van der Waals surface area contributed by atoms with Crippen LogP contribution in [-0.2, 0) is 12.0 Å². The highest BCUT2D eigenvalue weighted by Gasteiger charge is 2.51. The van der Waals surface area contributed by atoms with Crippen LogP contribution in [0.1, 0.15) is 33.5 Å². The summed E-state index contributed by atoms with van der Waals surface area (Å²) in [6, 6.07) is 56.2. The number of rotatable bonds is 3. The van der Waals surface area contributed by atoms with Crippen LogP contribution in [0, 0.1) is 0 Å². The average Bonchev–Trinajstić information content (AvgIpc) is 3.98. The standard InChI is InChI=1S/C52H33N5/c1-4-11-43-36(8-1)37-9-2-5-12-44(37)52(43)45-13-6-3-10-38(45)40-28-41-49(29-46(40)52)57(48-14-7-25-55-51(41)48)35-21-17-33(18-22-35)32-15-19-34(20-16-32)56-47-24-27-53-30-42(47)39-23-26-54-31-50(39)56/h1-30,54H,31H2. The Hall–Kier alpha value is -7.50. The zero-order chi connectivity index (χ0) is 37.2. The third kappa shape index (κ3) is 3.97. The topological polar surface area (TPSA) is 47.7 Å². The second-order valence-electron chi connectivity index (χ2n) is 15.4. The molecule has 0 amide bonds. The van der Waals surface area contributed by atoms with E-state index in [1.807, 2.05) is 24.8 Å². The second-order valence-corrected chi connectivity index (χ2v) is 15.4. The fourth-order valence-corrected chi connectivity index (χ4v) is 10.5. The van der Waals surface area contributed by atoms with Crippen LogP contribution in [0.25, 0.3) is 83.7 Å². The number of hydrogen-bond donors (Lipinski definition) is 1. The summed E-state index contributed by atoms with van der Waals surface area (Å²) in [5.74, 6) is 0. The second kappa shape index (κ2) is 11.3. The molecule has 57 heavy (non-hydrogen) atoms. The monoisotopic (exact) mass is 727 g/mol. The zero-order valence-electron chi connectivity index (χ0n) is 30.8. The first-order chi connectivity index (χ1) is 28.3. The molecule has 3 aliphatic rings. The minimum atomic E-state index is -0.408. The Kier molecular flexibility index (Phi) is 6.09. The van der Waals surface area contributed by atoms with Crippen LogP contribution in [0.2, 0.25) is 0 Å². The summed E-state index contributed by atoms with van der Waals surface area (Å²) in [5.41, 5.74) is 21.7. The van der Waals surface area contributed by atoms with Gasteiger partial charge in [0.25, 0.3) is 0 Å². The zero-order valence-corrected chi connectivity index (χ0v) is 30.8. The van der Waals surface area contributed by atoms with E-state index in [0.717, 1.165) is 39.9 Å². The van der Waals surface area contributed by atoms with Crippen LogP contribution < -0.4 is 5.32 Å². The molecule has 0 fully saturated rings. The van der Waals surface area contributed by atoms with Gasteiger partial charge in [0.1, 0.15) is 0 Å². The van der Waals surface area contributed by atoms with Crippen LogP contribution in [0.5, 0.6) is 0 Å². The molecule has 1 spiro atoms. The van der Waals surface area contributed by atoms with Gasteiger partial charge in [-0.25, -0.2) is 0 Å². The number of nitrogens with one attached hydrogen (secondary N) is 1. The van der Waals surface area contributed by atoms with Gasteiger partial charge < -0.3 is 14.5 Å². The molecule has 0 unspecified atom stereocenters. The predicted octanol–water partition coefficient (Wildman–Crippen LogP) is 11.6. The van der Waals surface area contributed by atoms with E-state index in [-0.39, 0.29) is 0 Å². The largest absolute Gasteiger partial charge is 0.385 e. The lowest BCUT2D eigenvalue weighted by atomic mass is 9.70. The summed E-state index contributed by atoms with van der Waals surface area (Å²) < 4.78 is 4.76. The Labute approximate surface area is 328 Å². The van der Waals surface area contributed by atoms with Crippen molar-refractivity contribution >= 4 is 38.9 Å². The fraction of sp³-hybridized carbons (Fsp3) is 0.0385. The molecule has 2 aliphatic carbocycles. The SMILES string of the molecule is C1=Cc2c(n(-c3ccc(-c4ccc(-n5c6cc7c(cc6c6ncccc65)-c5ccccc5C75c6ccccc6-c6ccccc65)cc4)cc3)c3ccncc23)CN1. The van der Waals surface area contributed by atoms with E-state index in [1.54, 1.807) is 0 Å². The Bertz CT molecular complexity index is 3300. The van der Waals surface area contributed by atoms with Crippen molar-refractivity contribution in [1.82, 2.24) is 24.4 Å². The average molecular weight is 728 g/mol. The van der Waals surface area contributed by atoms with Crippen molar-refractivity contribution in [2.75, 3.05) is 0 Å². The van der Waals surface area contributed by atoms with Crippen LogP contribution in [0.15, 0.2) is 176 Å². The quantitative estimate of drug-likeness (QED) is 0.197. The number of hydrogen-bond acceptors (Lipinski definition) is 3. The number of fused-ring (bicyclic) bond motifs is 16. The van der Waals surface area contributed by atoms with Gasteiger partial charge in [0, 0.05) is 46.3 Å². The molecule has 1 N–H and O–H groups in total. The van der Waals surface area contributed by atoms with Crippen molar-refractivity contribution in [2.24, 2.45) is 0 Å². The van der Waals surface area contributed by atoms with E-state index in [9.17, 15) is 0 Å². The molecule has 0 saturated carbocycles. The van der Waals surface area contributed by atoms with Gasteiger partial charge in [0.2, 0.25) is 0 Å². The van der Waals surface area contributed by atoms with Crippen LogP contribution in [-0.4, -0.2) is 19.1 Å². The number of nitrogens with zero attached hydrogens (tertiary/aromatic N) is 4. The first-order valence-corrected chi connectivity index (χ1v) is 19.6. The third-order valence-corrected chi connectivity index (χ3v) is 12.8. The summed E-state index contributed by atoms with van der Waals surface area (Å²) in [4.78, 5) is 9.43. The van der Waals surface area contributed by atoms with Gasteiger partial charge in [-0.3, -0.25) is 9.97 Å². The van der Waals surface area contributed by atoms with Gasteiger partial charge in [-0.15, -0.1) is 0 Å². The summed E-state index contributed by atoms with van der Waals surface area (Å²) >= 11 is 0. The van der Waals surface area contributed by atoms with Crippen LogP contribution in [0.4, 0.5) is 0 Å². The molecular weight excluding hydrogens is 695 g/mol. The lowest BCUT2D eigenvalue weighted by molar-refractivity contribution is 0.794. The highest BCUT2D eigenvalue weighted by atomic mass is 15.0. The Morgan fingerprint density at radius 1 is 0.509 bits per heavy atom. The van der Waals surface area contributed by atoms with Gasteiger partial charge in [-0.05, 0) is 123 Å². The molecule has 0 bridgehead atoms. The highest BCUT2D eigenvalue weighted by molar-refractivity contribution is 6.11. The van der Waals surface area contributed by atoms with Gasteiger partial charge in [-0.2, -0.15) is 0 Å². The lowest BCUT2D eigenvalue weighted by Crippen LogP contribution is -2.25. The summed E-state index contributed by atoms with van der Waals surface area (Å²) in [7, 11) is 0. The van der Waals surface area contributed by atoms with Crippen molar-refractivity contribution < 1.29 is 0 Å². The van der Waals surface area contributed by atoms with Crippen molar-refractivity contribution in [3.05, 3.63) is 210 Å². The predicted molar refractivity (Wildman–Crippen MR) is 231 cm³/mol. The van der Waals surface area contributed by atoms with Crippen molar-refractivity contribution in [2.45, 2.75) is 12.0 Å². The molecule has 13 rings (SSSR count). The first kappa shape index (κ1) is 30.8. The minimum Gasteiger partial charge on any atom is -0.385 e. The van der Waals surface area contributed by atoms with E-state index in [4.69, 9.17) is 4.98 Å². The normalized spacial score (nSPS) is 14.1. The molecular formula is C52H33N5. The molecule has 266 valence electrons. The third-order valence-electron chi connectivity index (χ3n) is 12.8. The minimum absolute atomic E-state index is 0.408. The summed E-state index contributed by atoms with van der Waals surface area (Å²) in [6.07, 6.45) is 9.95. The number of aromatic nitrogens is 4. The molecule has 6 aromatic carbocycles. The Morgan fingerprint density at radius 3 is 1.82 bits per heavy atom. The van der Waals surface area contributed by atoms with Crippen LogP contribution >= 0.6 is 0 Å². The lowest BCUT2D eigenvalue weighted by Gasteiger charge is -2.30. The molecule has 10 aromatic rings. The van der Waals surface area contributed by atoms with Crippen molar-refractivity contribution in [3.8, 4) is 44.8 Å². The maximum Gasteiger partial charge on any atom is 0.0963 e. The summed E-state index contributed by atoms with van der Waals surface area (Å²) in [6.45, 7) is 0.777. The molecule has 0 radical (unpaired) electrons. The molecule has 0 atom stereocenters. The Balaban J connectivity index is 0.964. The van der Waals surface area contributed by atoms with E-state index in [1.165, 1.54) is 77.8 Å².